The van der Waals surface area contributed by atoms with Crippen molar-refractivity contribution in [3.63, 3.8) is 0 Å². The molecule has 3 N–H and O–H groups in total. The predicted octanol–water partition coefficient (Wildman–Crippen LogP) is 2.84. The van der Waals surface area contributed by atoms with Crippen molar-refractivity contribution in [1.29, 1.82) is 0 Å². The van der Waals surface area contributed by atoms with Gasteiger partial charge in [-0.05, 0) is 43.8 Å². The summed E-state index contributed by atoms with van der Waals surface area (Å²) in [6.45, 7) is 1.29. The monoisotopic (exact) mass is 429 g/mol. The van der Waals surface area contributed by atoms with Gasteiger partial charge in [-0.3, -0.25) is 9.82 Å². The van der Waals surface area contributed by atoms with E-state index in [0.29, 0.717) is 36.4 Å². The van der Waals surface area contributed by atoms with Gasteiger partial charge in [0.05, 0.1) is 18.6 Å². The fraction of sp³-hybridized carbons (Fsp3) is 0.722. The third-order valence-electron chi connectivity index (χ3n) is 4.76. The lowest BCUT2D eigenvalue weighted by molar-refractivity contribution is -0.115. The minimum absolute atomic E-state index is 0.0293. The number of hydrogen-bond donors (Lipinski definition) is 2. The van der Waals surface area contributed by atoms with E-state index in [-0.39, 0.29) is 5.75 Å². The maximum Gasteiger partial charge on any atom is 0.209 e. The van der Waals surface area contributed by atoms with Crippen LogP contribution in [0.4, 0.5) is 5.82 Å². The smallest absolute Gasteiger partial charge is 0.209 e. The first-order chi connectivity index (χ1) is 13.4. The molecule has 1 aromatic heterocycles. The van der Waals surface area contributed by atoms with Crippen LogP contribution in [0.25, 0.3) is 0 Å². The van der Waals surface area contributed by atoms with E-state index in [2.05, 4.69) is 15.3 Å². The van der Waals surface area contributed by atoms with Crippen LogP contribution in [-0.2, 0) is 14.9 Å². The molecule has 158 valence electrons. The molecule has 0 aliphatic heterocycles. The van der Waals surface area contributed by atoms with Gasteiger partial charge in [-0.2, -0.15) is 0 Å². The van der Waals surface area contributed by atoms with Gasteiger partial charge in [-0.25, -0.2) is 23.6 Å². The number of aromatic nitrogens is 2. The summed E-state index contributed by atoms with van der Waals surface area (Å²) in [7, 11) is -3.38. The number of unbranched alkanes of at least 4 members (excludes halogenated alkanes) is 3. The molecule has 1 aromatic rings. The van der Waals surface area contributed by atoms with Crippen molar-refractivity contribution in [3.8, 4) is 0 Å². The molecule has 2 rings (SSSR count). The summed E-state index contributed by atoms with van der Waals surface area (Å²) >= 11 is 5.50. The Morgan fingerprint density at radius 2 is 1.96 bits per heavy atom. The molecule has 10 heteroatoms. The molecule has 1 saturated carbocycles. The van der Waals surface area contributed by atoms with Crippen LogP contribution < -0.4 is 10.5 Å². The van der Waals surface area contributed by atoms with Gasteiger partial charge in [-0.15, -0.1) is 0 Å². The summed E-state index contributed by atoms with van der Waals surface area (Å²) in [6.07, 6.45) is 14.2. The highest BCUT2D eigenvalue weighted by molar-refractivity contribution is 7.89. The molecule has 28 heavy (non-hydrogen) atoms. The predicted molar refractivity (Wildman–Crippen MR) is 114 cm³/mol. The summed E-state index contributed by atoms with van der Waals surface area (Å²) in [6, 6.07) is 0. The first-order valence-electron chi connectivity index (χ1n) is 9.92. The lowest BCUT2D eigenvalue weighted by Crippen LogP contribution is -2.37. The second-order valence-electron chi connectivity index (χ2n) is 7.20. The van der Waals surface area contributed by atoms with Gasteiger partial charge in [0.1, 0.15) is 0 Å². The summed E-state index contributed by atoms with van der Waals surface area (Å²) in [5.41, 5.74) is 0. The van der Waals surface area contributed by atoms with Gasteiger partial charge in [0, 0.05) is 18.9 Å². The number of hydrogen-bond acceptors (Lipinski definition) is 6. The van der Waals surface area contributed by atoms with Crippen LogP contribution in [0, 0.1) is 5.92 Å². The Kier molecular flexibility index (Phi) is 10.0. The lowest BCUT2D eigenvalue weighted by Gasteiger charge is -2.28. The van der Waals surface area contributed by atoms with E-state index in [0.717, 1.165) is 19.3 Å². The SMILES string of the molecule is NS(=O)(=O)CCCCCCN(OCC1CCCCC1)C(=S)Nc1cnccn1. The molecule has 0 amide bonds. The van der Waals surface area contributed by atoms with Crippen molar-refractivity contribution < 1.29 is 13.3 Å². The van der Waals surface area contributed by atoms with Crippen molar-refractivity contribution in [2.24, 2.45) is 11.1 Å². The Morgan fingerprint density at radius 3 is 2.64 bits per heavy atom. The second kappa shape index (κ2) is 12.3. The van der Waals surface area contributed by atoms with Gasteiger partial charge in [0.2, 0.25) is 10.0 Å². The number of primary sulfonamides is 1. The first-order valence-corrected chi connectivity index (χ1v) is 12.0. The first kappa shape index (κ1) is 22.9. The van der Waals surface area contributed by atoms with Crippen LogP contribution in [-0.4, -0.2) is 47.5 Å². The molecular weight excluding hydrogens is 398 g/mol. The highest BCUT2D eigenvalue weighted by Gasteiger charge is 2.17. The molecule has 0 atom stereocenters. The molecule has 0 spiro atoms. The average Bonchev–Trinajstić information content (AvgIpc) is 2.67. The van der Waals surface area contributed by atoms with Gasteiger partial charge < -0.3 is 5.32 Å². The van der Waals surface area contributed by atoms with E-state index >= 15 is 0 Å². The standard InChI is InChI=1S/C18H31N5O3S2/c19-28(24,25)13-7-2-1-6-12-23(26-15-16-8-4-3-5-9-16)18(27)22-17-14-20-10-11-21-17/h10-11,14,16H,1-9,12-13,15H2,(H2,19,24,25)(H,21,22,27). The Balaban J connectivity index is 1.79. The van der Waals surface area contributed by atoms with Crippen LogP contribution in [0.15, 0.2) is 18.6 Å². The number of thiocarbonyl (C=S) groups is 1. The number of hydroxylamine groups is 2. The number of nitrogens with two attached hydrogens (primary N) is 1. The molecule has 1 aliphatic carbocycles. The number of nitrogens with zero attached hydrogens (tertiary/aromatic N) is 3. The summed E-state index contributed by atoms with van der Waals surface area (Å²) < 4.78 is 22.0. The fourth-order valence-electron chi connectivity index (χ4n) is 3.22. The van der Waals surface area contributed by atoms with E-state index in [1.54, 1.807) is 23.7 Å². The highest BCUT2D eigenvalue weighted by atomic mass is 32.2. The lowest BCUT2D eigenvalue weighted by atomic mass is 9.90. The molecule has 1 heterocycles. The van der Waals surface area contributed by atoms with Crippen LogP contribution in [0.3, 0.4) is 0 Å². The Hall–Kier alpha value is -1.36. The molecule has 0 unspecified atom stereocenters. The molecule has 0 radical (unpaired) electrons. The molecule has 1 fully saturated rings. The largest absolute Gasteiger partial charge is 0.314 e. The van der Waals surface area contributed by atoms with Crippen molar-refractivity contribution in [1.82, 2.24) is 15.0 Å². The van der Waals surface area contributed by atoms with Crippen LogP contribution in [0.1, 0.15) is 57.8 Å². The molecular formula is C18H31N5O3S2. The zero-order valence-corrected chi connectivity index (χ0v) is 17.9. The van der Waals surface area contributed by atoms with Crippen molar-refractivity contribution in [2.45, 2.75) is 57.8 Å². The average molecular weight is 430 g/mol. The van der Waals surface area contributed by atoms with E-state index in [1.807, 2.05) is 0 Å². The maximum atomic E-state index is 11.0. The fourth-order valence-corrected chi connectivity index (χ4v) is 4.08. The highest BCUT2D eigenvalue weighted by Crippen LogP contribution is 2.24. The van der Waals surface area contributed by atoms with Gasteiger partial charge >= 0.3 is 0 Å². The normalized spacial score (nSPS) is 15.3. The van der Waals surface area contributed by atoms with E-state index < -0.39 is 10.0 Å². The number of sulfonamides is 1. The quantitative estimate of drug-likeness (QED) is 0.314. The van der Waals surface area contributed by atoms with Crippen LogP contribution in [0.5, 0.6) is 0 Å². The topological polar surface area (TPSA) is 110 Å². The molecule has 0 bridgehead atoms. The van der Waals surface area contributed by atoms with E-state index in [4.69, 9.17) is 22.2 Å². The van der Waals surface area contributed by atoms with Crippen LogP contribution >= 0.6 is 12.2 Å². The Labute approximate surface area is 173 Å². The summed E-state index contributed by atoms with van der Waals surface area (Å²) in [5, 5.41) is 10.3. The third-order valence-corrected chi connectivity index (χ3v) is 5.92. The number of rotatable bonds is 11. The number of anilines is 1. The van der Waals surface area contributed by atoms with Gasteiger partial charge in [0.15, 0.2) is 10.9 Å². The Morgan fingerprint density at radius 1 is 1.21 bits per heavy atom. The molecule has 0 saturated heterocycles. The summed E-state index contributed by atoms with van der Waals surface area (Å²) in [5.74, 6) is 1.18. The van der Waals surface area contributed by atoms with Gasteiger partial charge in [0.25, 0.3) is 0 Å². The minimum Gasteiger partial charge on any atom is -0.314 e. The zero-order chi connectivity index (χ0) is 20.2. The molecule has 8 nitrogen and oxygen atoms in total. The van der Waals surface area contributed by atoms with E-state index in [1.165, 1.54) is 32.1 Å². The minimum atomic E-state index is -3.38. The maximum absolute atomic E-state index is 11.0. The number of nitrogens with one attached hydrogen (secondary N) is 1. The summed E-state index contributed by atoms with van der Waals surface area (Å²) in [4.78, 5) is 14.3. The van der Waals surface area contributed by atoms with E-state index in [9.17, 15) is 8.42 Å². The van der Waals surface area contributed by atoms with Crippen LogP contribution in [0.2, 0.25) is 0 Å². The second-order valence-corrected chi connectivity index (χ2v) is 9.32. The van der Waals surface area contributed by atoms with Crippen molar-refractivity contribution in [3.05, 3.63) is 18.6 Å². The molecule has 1 aliphatic rings. The van der Waals surface area contributed by atoms with Crippen molar-refractivity contribution in [2.75, 3.05) is 24.2 Å². The zero-order valence-electron chi connectivity index (χ0n) is 16.3. The Bertz CT molecular complexity index is 682. The third kappa shape index (κ3) is 9.72. The van der Waals surface area contributed by atoms with Crippen molar-refractivity contribution >= 4 is 33.2 Å². The molecule has 0 aromatic carbocycles. The van der Waals surface area contributed by atoms with Gasteiger partial charge in [-0.1, -0.05) is 32.1 Å².